The molecule has 0 unspecified atom stereocenters. The highest BCUT2D eigenvalue weighted by Gasteiger charge is 2.59. The monoisotopic (exact) mass is 213 g/mol. The molecular weight excluding hydrogens is 194 g/mol. The molecule has 0 aromatic heterocycles. The van der Waals surface area contributed by atoms with Gasteiger partial charge in [-0.05, 0) is 33.6 Å². The SMILES string of the molecule is COC(=O)[C@H]1CON2C(C)(C)CC[C@]12C. The van der Waals surface area contributed by atoms with Crippen molar-refractivity contribution >= 4 is 5.97 Å². The second kappa shape index (κ2) is 3.19. The van der Waals surface area contributed by atoms with Gasteiger partial charge in [0.1, 0.15) is 5.92 Å². The first kappa shape index (κ1) is 10.9. The van der Waals surface area contributed by atoms with Crippen LogP contribution in [-0.4, -0.2) is 35.8 Å². The maximum atomic E-state index is 11.6. The van der Waals surface area contributed by atoms with Crippen molar-refractivity contribution in [1.82, 2.24) is 5.06 Å². The van der Waals surface area contributed by atoms with E-state index in [1.165, 1.54) is 7.11 Å². The minimum absolute atomic E-state index is 0.0253. The molecule has 2 rings (SSSR count). The van der Waals surface area contributed by atoms with Crippen LogP contribution < -0.4 is 0 Å². The van der Waals surface area contributed by atoms with Crippen molar-refractivity contribution in [2.24, 2.45) is 5.92 Å². The average molecular weight is 213 g/mol. The van der Waals surface area contributed by atoms with E-state index in [0.717, 1.165) is 12.8 Å². The lowest BCUT2D eigenvalue weighted by Gasteiger charge is -2.35. The Morgan fingerprint density at radius 1 is 1.40 bits per heavy atom. The summed E-state index contributed by atoms with van der Waals surface area (Å²) >= 11 is 0. The number of hydrogen-bond donors (Lipinski definition) is 0. The molecule has 15 heavy (non-hydrogen) atoms. The van der Waals surface area contributed by atoms with Crippen molar-refractivity contribution in [3.63, 3.8) is 0 Å². The molecule has 86 valence electrons. The molecule has 4 nitrogen and oxygen atoms in total. The van der Waals surface area contributed by atoms with Gasteiger partial charge in [0.15, 0.2) is 0 Å². The Hall–Kier alpha value is -0.610. The average Bonchev–Trinajstić information content (AvgIpc) is 2.63. The van der Waals surface area contributed by atoms with Crippen LogP contribution in [-0.2, 0) is 14.4 Å². The van der Waals surface area contributed by atoms with Crippen molar-refractivity contribution in [2.45, 2.75) is 44.7 Å². The maximum Gasteiger partial charge on any atom is 0.313 e. The van der Waals surface area contributed by atoms with Gasteiger partial charge in [0.05, 0.1) is 19.3 Å². The molecule has 2 aliphatic rings. The molecule has 0 aliphatic carbocycles. The topological polar surface area (TPSA) is 38.8 Å². The number of fused-ring (bicyclic) bond motifs is 1. The number of rotatable bonds is 1. The van der Waals surface area contributed by atoms with Gasteiger partial charge in [0.25, 0.3) is 0 Å². The molecule has 2 aliphatic heterocycles. The number of methoxy groups -OCH3 is 1. The van der Waals surface area contributed by atoms with Crippen LogP contribution >= 0.6 is 0 Å². The van der Waals surface area contributed by atoms with Crippen LogP contribution in [0.5, 0.6) is 0 Å². The second-order valence-corrected chi connectivity index (χ2v) is 5.34. The fourth-order valence-electron chi connectivity index (χ4n) is 2.88. The molecule has 2 fully saturated rings. The van der Waals surface area contributed by atoms with Crippen molar-refractivity contribution in [1.29, 1.82) is 0 Å². The molecule has 0 saturated carbocycles. The molecule has 0 spiro atoms. The molecule has 0 amide bonds. The fourth-order valence-corrected chi connectivity index (χ4v) is 2.88. The number of ether oxygens (including phenoxy) is 1. The lowest BCUT2D eigenvalue weighted by molar-refractivity contribution is -0.192. The van der Waals surface area contributed by atoms with Crippen LogP contribution in [0.15, 0.2) is 0 Å². The van der Waals surface area contributed by atoms with Gasteiger partial charge in [0, 0.05) is 5.54 Å². The summed E-state index contributed by atoms with van der Waals surface area (Å²) in [5, 5.41) is 2.00. The van der Waals surface area contributed by atoms with E-state index in [-0.39, 0.29) is 23.0 Å². The predicted molar refractivity (Wildman–Crippen MR) is 55.0 cm³/mol. The quantitative estimate of drug-likeness (QED) is 0.616. The summed E-state index contributed by atoms with van der Waals surface area (Å²) < 4.78 is 4.83. The minimum Gasteiger partial charge on any atom is -0.469 e. The van der Waals surface area contributed by atoms with E-state index in [2.05, 4.69) is 20.8 Å². The molecule has 0 aromatic carbocycles. The molecule has 4 heteroatoms. The Kier molecular flexibility index (Phi) is 2.32. The summed E-state index contributed by atoms with van der Waals surface area (Å²) in [6, 6.07) is 0. The normalized spacial score (nSPS) is 39.1. The summed E-state index contributed by atoms with van der Waals surface area (Å²) in [6.07, 6.45) is 2.04. The first-order chi connectivity index (χ1) is 6.92. The van der Waals surface area contributed by atoms with Crippen LogP contribution in [0.3, 0.4) is 0 Å². The Morgan fingerprint density at radius 3 is 2.67 bits per heavy atom. The van der Waals surface area contributed by atoms with E-state index in [9.17, 15) is 4.79 Å². The van der Waals surface area contributed by atoms with E-state index >= 15 is 0 Å². The van der Waals surface area contributed by atoms with Crippen molar-refractivity contribution in [3.05, 3.63) is 0 Å². The lowest BCUT2D eigenvalue weighted by Crippen LogP contribution is -2.48. The molecule has 0 N–H and O–H groups in total. The van der Waals surface area contributed by atoms with Gasteiger partial charge >= 0.3 is 5.97 Å². The first-order valence-electron chi connectivity index (χ1n) is 5.43. The number of carbonyl (C=O) groups excluding carboxylic acids is 1. The Balaban J connectivity index is 2.26. The zero-order valence-corrected chi connectivity index (χ0v) is 9.87. The third kappa shape index (κ3) is 1.39. The number of esters is 1. The summed E-state index contributed by atoms with van der Waals surface area (Å²) in [5.41, 5.74) is -0.159. The highest BCUT2D eigenvalue weighted by molar-refractivity contribution is 5.74. The molecular formula is C11H19NO3. The number of carbonyl (C=O) groups is 1. The van der Waals surface area contributed by atoms with E-state index in [1.807, 2.05) is 5.06 Å². The van der Waals surface area contributed by atoms with Gasteiger partial charge in [-0.3, -0.25) is 9.63 Å². The van der Waals surface area contributed by atoms with Crippen LogP contribution in [0, 0.1) is 5.92 Å². The van der Waals surface area contributed by atoms with Gasteiger partial charge < -0.3 is 4.74 Å². The first-order valence-corrected chi connectivity index (χ1v) is 5.43. The number of nitrogens with zero attached hydrogens (tertiary/aromatic N) is 1. The number of hydrogen-bond acceptors (Lipinski definition) is 4. The number of hydroxylamine groups is 2. The maximum absolute atomic E-state index is 11.6. The Labute approximate surface area is 90.5 Å². The zero-order valence-electron chi connectivity index (χ0n) is 9.87. The molecule has 0 radical (unpaired) electrons. The standard InChI is InChI=1S/C11H19NO3/c1-10(2)5-6-11(3)8(9(13)14-4)7-15-12(10)11/h8H,5-7H2,1-4H3/t8-,11-/m1/s1. The molecule has 2 saturated heterocycles. The predicted octanol–water partition coefficient (Wildman–Crippen LogP) is 1.35. The van der Waals surface area contributed by atoms with Crippen molar-refractivity contribution < 1.29 is 14.4 Å². The highest BCUT2D eigenvalue weighted by atomic mass is 16.7. The Bertz CT molecular complexity index is 290. The largest absolute Gasteiger partial charge is 0.469 e. The summed E-state index contributed by atoms with van der Waals surface area (Å²) in [5.74, 6) is -0.304. The van der Waals surface area contributed by atoms with Crippen molar-refractivity contribution in [3.8, 4) is 0 Å². The molecule has 0 aromatic rings. The van der Waals surface area contributed by atoms with Crippen LogP contribution in [0.25, 0.3) is 0 Å². The van der Waals surface area contributed by atoms with Gasteiger partial charge in [-0.1, -0.05) is 0 Å². The van der Waals surface area contributed by atoms with E-state index < -0.39 is 0 Å². The van der Waals surface area contributed by atoms with Crippen LogP contribution in [0.1, 0.15) is 33.6 Å². The van der Waals surface area contributed by atoms with Gasteiger partial charge in [-0.15, -0.1) is 0 Å². The fraction of sp³-hybridized carbons (Fsp3) is 0.909. The molecule has 2 atom stereocenters. The van der Waals surface area contributed by atoms with Gasteiger partial charge in [-0.2, -0.15) is 5.06 Å². The van der Waals surface area contributed by atoms with E-state index in [1.54, 1.807) is 0 Å². The third-order valence-electron chi connectivity index (χ3n) is 3.86. The third-order valence-corrected chi connectivity index (χ3v) is 3.86. The Morgan fingerprint density at radius 2 is 2.07 bits per heavy atom. The van der Waals surface area contributed by atoms with Gasteiger partial charge in [-0.25, -0.2) is 0 Å². The molecule has 2 heterocycles. The van der Waals surface area contributed by atoms with E-state index in [0.29, 0.717) is 6.61 Å². The van der Waals surface area contributed by atoms with Gasteiger partial charge in [0.2, 0.25) is 0 Å². The summed E-state index contributed by atoms with van der Waals surface area (Å²) in [7, 11) is 1.44. The smallest absolute Gasteiger partial charge is 0.313 e. The van der Waals surface area contributed by atoms with E-state index in [4.69, 9.17) is 9.57 Å². The highest BCUT2D eigenvalue weighted by Crippen LogP contribution is 2.49. The zero-order chi connectivity index (χ0) is 11.3. The van der Waals surface area contributed by atoms with Crippen molar-refractivity contribution in [2.75, 3.05) is 13.7 Å². The summed E-state index contributed by atoms with van der Waals surface area (Å²) in [6.45, 7) is 6.85. The van der Waals surface area contributed by atoms with Crippen LogP contribution in [0.2, 0.25) is 0 Å². The molecule has 0 bridgehead atoms. The summed E-state index contributed by atoms with van der Waals surface area (Å²) in [4.78, 5) is 17.3. The second-order valence-electron chi connectivity index (χ2n) is 5.34. The minimum atomic E-state index is -0.184. The lowest BCUT2D eigenvalue weighted by atomic mass is 9.85. The van der Waals surface area contributed by atoms with Crippen LogP contribution in [0.4, 0.5) is 0 Å².